The Bertz CT molecular complexity index is 707. The molecule has 3 aliphatic rings. The number of hydrogen-bond donors (Lipinski definition) is 0. The first-order chi connectivity index (χ1) is 11.9. The molecule has 0 unspecified atom stereocenters. The summed E-state index contributed by atoms with van der Waals surface area (Å²) in [6.07, 6.45) is 5.64. The van der Waals surface area contributed by atoms with Crippen molar-refractivity contribution in [2.75, 3.05) is 24.5 Å². The van der Waals surface area contributed by atoms with Gasteiger partial charge in [-0.15, -0.1) is 0 Å². The van der Waals surface area contributed by atoms with Gasteiger partial charge < -0.3 is 9.80 Å². The maximum Gasteiger partial charge on any atom is 0.0450 e. The maximum absolute atomic E-state index is 2.75. The van der Waals surface area contributed by atoms with Gasteiger partial charge in [-0.25, -0.2) is 0 Å². The molecule has 2 atom stereocenters. The highest BCUT2D eigenvalue weighted by atomic mass is 15.2. The first-order valence-electron chi connectivity index (χ1n) is 9.56. The summed E-state index contributed by atoms with van der Waals surface area (Å²) in [6, 6.07) is 20.7. The molecule has 124 valence electrons. The fourth-order valence-electron chi connectivity index (χ4n) is 4.95. The van der Waals surface area contributed by atoms with Gasteiger partial charge in [-0.05, 0) is 48.9 Å². The van der Waals surface area contributed by atoms with Gasteiger partial charge in [0.2, 0.25) is 0 Å². The van der Waals surface area contributed by atoms with Crippen LogP contribution in [-0.2, 0) is 0 Å². The molecular weight excluding hydrogens is 292 g/mol. The third kappa shape index (κ3) is 2.36. The Kier molecular flexibility index (Phi) is 3.59. The van der Waals surface area contributed by atoms with E-state index in [-0.39, 0.29) is 0 Å². The minimum atomic E-state index is 0.627. The Morgan fingerprint density at radius 3 is 2.46 bits per heavy atom. The molecule has 1 saturated carbocycles. The van der Waals surface area contributed by atoms with Crippen LogP contribution in [0.5, 0.6) is 0 Å². The quantitative estimate of drug-likeness (QED) is 0.802. The van der Waals surface area contributed by atoms with E-state index in [1.165, 1.54) is 56.7 Å². The van der Waals surface area contributed by atoms with Gasteiger partial charge in [-0.2, -0.15) is 0 Å². The van der Waals surface area contributed by atoms with Crippen LogP contribution in [0.1, 0.15) is 37.2 Å². The molecule has 2 heterocycles. The summed E-state index contributed by atoms with van der Waals surface area (Å²) in [6.45, 7) is 3.83. The van der Waals surface area contributed by atoms with Crippen molar-refractivity contribution in [3.05, 3.63) is 60.2 Å². The molecule has 0 N–H and O–H groups in total. The van der Waals surface area contributed by atoms with Gasteiger partial charge in [0.05, 0.1) is 0 Å². The maximum atomic E-state index is 2.75. The van der Waals surface area contributed by atoms with Gasteiger partial charge in [0.25, 0.3) is 0 Å². The Labute approximate surface area is 145 Å². The standard InChI is InChI=1S/C22H26N2/c1-2-9-18(10-3-1)24-21-12-5-4-11-19(21)20-16-23(14-13-22(20)24)15-17-7-6-8-17/h1-5,9-12,17,20,22H,6-8,13-16H2/t20-,22+/m1/s1. The van der Waals surface area contributed by atoms with Crippen LogP contribution in [0.25, 0.3) is 0 Å². The molecule has 2 aliphatic heterocycles. The summed E-state index contributed by atoms with van der Waals surface area (Å²) >= 11 is 0. The summed E-state index contributed by atoms with van der Waals surface area (Å²) in [5, 5.41) is 0. The van der Waals surface area contributed by atoms with Gasteiger partial charge >= 0.3 is 0 Å². The lowest BCUT2D eigenvalue weighted by atomic mass is 9.83. The van der Waals surface area contributed by atoms with Crippen molar-refractivity contribution >= 4 is 11.4 Å². The molecular formula is C22H26N2. The van der Waals surface area contributed by atoms with E-state index < -0.39 is 0 Å². The SMILES string of the molecule is c1ccc(N2c3ccccc3[C@H]3CN(CC4CCC4)CC[C@@H]32)cc1. The van der Waals surface area contributed by atoms with E-state index in [9.17, 15) is 0 Å². The van der Waals surface area contributed by atoms with Crippen molar-refractivity contribution < 1.29 is 0 Å². The molecule has 2 aromatic rings. The number of para-hydroxylation sites is 2. The molecule has 1 aliphatic carbocycles. The Hall–Kier alpha value is -1.80. The van der Waals surface area contributed by atoms with E-state index in [0.29, 0.717) is 12.0 Å². The van der Waals surface area contributed by atoms with Gasteiger partial charge in [-0.3, -0.25) is 0 Å². The van der Waals surface area contributed by atoms with Gasteiger partial charge in [0, 0.05) is 43.0 Å². The van der Waals surface area contributed by atoms with E-state index in [1.54, 1.807) is 5.56 Å². The van der Waals surface area contributed by atoms with E-state index >= 15 is 0 Å². The summed E-state index contributed by atoms with van der Waals surface area (Å²) in [7, 11) is 0. The first-order valence-corrected chi connectivity index (χ1v) is 9.56. The third-order valence-electron chi connectivity index (χ3n) is 6.36. The highest BCUT2D eigenvalue weighted by molar-refractivity contribution is 5.72. The summed E-state index contributed by atoms with van der Waals surface area (Å²) in [5.74, 6) is 1.64. The number of rotatable bonds is 3. The zero-order chi connectivity index (χ0) is 15.9. The predicted molar refractivity (Wildman–Crippen MR) is 100.0 cm³/mol. The predicted octanol–water partition coefficient (Wildman–Crippen LogP) is 4.80. The topological polar surface area (TPSA) is 6.48 Å². The Morgan fingerprint density at radius 1 is 0.875 bits per heavy atom. The van der Waals surface area contributed by atoms with Crippen LogP contribution in [0.2, 0.25) is 0 Å². The molecule has 2 heteroatoms. The van der Waals surface area contributed by atoms with E-state index in [2.05, 4.69) is 64.4 Å². The molecule has 0 aromatic heterocycles. The summed E-state index contributed by atoms with van der Waals surface area (Å²) < 4.78 is 0. The molecule has 24 heavy (non-hydrogen) atoms. The van der Waals surface area contributed by atoms with Crippen LogP contribution >= 0.6 is 0 Å². The van der Waals surface area contributed by atoms with Gasteiger partial charge in [0.15, 0.2) is 0 Å². The lowest BCUT2D eigenvalue weighted by Gasteiger charge is -2.41. The van der Waals surface area contributed by atoms with Crippen molar-refractivity contribution in [2.24, 2.45) is 5.92 Å². The molecule has 0 amide bonds. The van der Waals surface area contributed by atoms with E-state index in [0.717, 1.165) is 5.92 Å². The van der Waals surface area contributed by atoms with Gasteiger partial charge in [0.1, 0.15) is 0 Å². The van der Waals surface area contributed by atoms with Crippen LogP contribution in [0.4, 0.5) is 11.4 Å². The molecule has 5 rings (SSSR count). The molecule has 0 bridgehead atoms. The van der Waals surface area contributed by atoms with Crippen LogP contribution in [0, 0.1) is 5.92 Å². The van der Waals surface area contributed by atoms with Crippen LogP contribution in [-0.4, -0.2) is 30.6 Å². The van der Waals surface area contributed by atoms with E-state index in [1.807, 2.05) is 0 Å². The van der Waals surface area contributed by atoms with Crippen molar-refractivity contribution in [3.63, 3.8) is 0 Å². The number of anilines is 2. The fourth-order valence-corrected chi connectivity index (χ4v) is 4.95. The van der Waals surface area contributed by atoms with E-state index in [4.69, 9.17) is 0 Å². The molecule has 0 radical (unpaired) electrons. The van der Waals surface area contributed by atoms with Crippen molar-refractivity contribution in [1.29, 1.82) is 0 Å². The highest BCUT2D eigenvalue weighted by Gasteiger charge is 2.42. The average molecular weight is 318 g/mol. The number of likely N-dealkylation sites (tertiary alicyclic amines) is 1. The largest absolute Gasteiger partial charge is 0.337 e. The lowest BCUT2D eigenvalue weighted by molar-refractivity contribution is 0.138. The first kappa shape index (κ1) is 14.5. The number of fused-ring (bicyclic) bond motifs is 3. The summed E-state index contributed by atoms with van der Waals surface area (Å²) in [4.78, 5) is 5.36. The Morgan fingerprint density at radius 2 is 1.67 bits per heavy atom. The van der Waals surface area contributed by atoms with Gasteiger partial charge in [-0.1, -0.05) is 42.8 Å². The second kappa shape index (κ2) is 5.93. The van der Waals surface area contributed by atoms with Crippen LogP contribution in [0.3, 0.4) is 0 Å². The van der Waals surface area contributed by atoms with Crippen LogP contribution in [0.15, 0.2) is 54.6 Å². The lowest BCUT2D eigenvalue weighted by Crippen LogP contribution is -2.46. The third-order valence-corrected chi connectivity index (χ3v) is 6.36. The van der Waals surface area contributed by atoms with Crippen molar-refractivity contribution in [2.45, 2.75) is 37.6 Å². The Balaban J connectivity index is 1.45. The zero-order valence-corrected chi connectivity index (χ0v) is 14.3. The second-order valence-corrected chi connectivity index (χ2v) is 7.78. The fraction of sp³-hybridized carbons (Fsp3) is 0.455. The number of benzene rings is 2. The minimum Gasteiger partial charge on any atom is -0.337 e. The molecule has 2 nitrogen and oxygen atoms in total. The average Bonchev–Trinajstić information content (AvgIpc) is 2.93. The molecule has 2 fully saturated rings. The highest BCUT2D eigenvalue weighted by Crippen LogP contribution is 2.48. The smallest absolute Gasteiger partial charge is 0.0450 e. The number of nitrogens with zero attached hydrogens (tertiary/aromatic N) is 2. The zero-order valence-electron chi connectivity index (χ0n) is 14.3. The monoisotopic (exact) mass is 318 g/mol. The molecule has 1 saturated heterocycles. The summed E-state index contributed by atoms with van der Waals surface area (Å²) in [5.41, 5.74) is 4.35. The molecule has 2 aromatic carbocycles. The normalized spacial score (nSPS) is 26.8. The second-order valence-electron chi connectivity index (χ2n) is 7.78. The van der Waals surface area contributed by atoms with Crippen molar-refractivity contribution in [1.82, 2.24) is 4.90 Å². The number of piperidine rings is 1. The number of hydrogen-bond acceptors (Lipinski definition) is 2. The van der Waals surface area contributed by atoms with Crippen LogP contribution < -0.4 is 4.90 Å². The molecule has 0 spiro atoms. The minimum absolute atomic E-state index is 0.627. The van der Waals surface area contributed by atoms with Crippen molar-refractivity contribution in [3.8, 4) is 0 Å².